The average molecular weight is 345 g/mol. The second-order valence-corrected chi connectivity index (χ2v) is 7.19. The Morgan fingerprint density at radius 3 is 2.33 bits per heavy atom. The molecule has 2 aromatic rings. The Morgan fingerprint density at radius 2 is 1.76 bits per heavy atom. The Labute approximate surface area is 133 Å². The number of sulfonamides is 1. The summed E-state index contributed by atoms with van der Waals surface area (Å²) >= 11 is 11.8. The minimum absolute atomic E-state index is 0.00441. The first-order chi connectivity index (χ1) is 9.70. The zero-order valence-electron chi connectivity index (χ0n) is 11.4. The molecule has 0 saturated heterocycles. The van der Waals surface area contributed by atoms with Crippen LogP contribution in [0.15, 0.2) is 35.2 Å². The molecule has 0 atom stereocenters. The van der Waals surface area contributed by atoms with Crippen LogP contribution in [0.3, 0.4) is 0 Å². The van der Waals surface area contributed by atoms with Crippen LogP contribution in [0.1, 0.15) is 11.1 Å². The lowest BCUT2D eigenvalue weighted by molar-refractivity contribution is 0.601. The standard InChI is InChI=1S/C14H14Cl2N2O2S/c1-8-3-4-13(9(2)5-8)18-21(19,20)14-11(16)6-10(15)7-12(14)17/h3-7,18H,17H2,1-2H3. The van der Waals surface area contributed by atoms with Gasteiger partial charge < -0.3 is 5.73 Å². The van der Waals surface area contributed by atoms with E-state index in [4.69, 9.17) is 28.9 Å². The molecule has 0 amide bonds. The van der Waals surface area contributed by atoms with E-state index in [0.717, 1.165) is 11.1 Å². The van der Waals surface area contributed by atoms with Gasteiger partial charge in [0.25, 0.3) is 10.0 Å². The SMILES string of the molecule is Cc1ccc(NS(=O)(=O)c2c(N)cc(Cl)cc2Cl)c(C)c1. The molecule has 0 aromatic heterocycles. The molecule has 0 spiro atoms. The quantitative estimate of drug-likeness (QED) is 0.826. The molecule has 4 nitrogen and oxygen atoms in total. The molecular weight excluding hydrogens is 331 g/mol. The number of nitrogens with one attached hydrogen (secondary N) is 1. The van der Waals surface area contributed by atoms with Crippen molar-refractivity contribution in [3.63, 3.8) is 0 Å². The Kier molecular flexibility index (Phi) is 4.37. The zero-order valence-corrected chi connectivity index (χ0v) is 13.8. The number of aryl methyl sites for hydroxylation is 2. The highest BCUT2D eigenvalue weighted by atomic mass is 35.5. The van der Waals surface area contributed by atoms with Gasteiger partial charge in [-0.2, -0.15) is 0 Å². The van der Waals surface area contributed by atoms with Crippen molar-refractivity contribution in [3.05, 3.63) is 51.5 Å². The van der Waals surface area contributed by atoms with Crippen LogP contribution in [0, 0.1) is 13.8 Å². The van der Waals surface area contributed by atoms with Crippen molar-refractivity contribution in [2.75, 3.05) is 10.5 Å². The van der Waals surface area contributed by atoms with Gasteiger partial charge in [0.1, 0.15) is 4.90 Å². The highest BCUT2D eigenvalue weighted by Gasteiger charge is 2.22. The maximum Gasteiger partial charge on any atom is 0.265 e. The van der Waals surface area contributed by atoms with Crippen molar-refractivity contribution in [2.24, 2.45) is 0 Å². The molecule has 0 unspecified atom stereocenters. The lowest BCUT2D eigenvalue weighted by atomic mass is 10.1. The fourth-order valence-electron chi connectivity index (χ4n) is 1.99. The van der Waals surface area contributed by atoms with E-state index in [1.165, 1.54) is 12.1 Å². The summed E-state index contributed by atoms with van der Waals surface area (Å²) in [5.41, 5.74) is 8.07. The number of hydrogen-bond acceptors (Lipinski definition) is 3. The molecule has 7 heteroatoms. The second-order valence-electron chi connectivity index (χ2n) is 4.73. The van der Waals surface area contributed by atoms with Crippen LogP contribution in [-0.2, 0) is 10.0 Å². The van der Waals surface area contributed by atoms with Gasteiger partial charge >= 0.3 is 0 Å². The first-order valence-corrected chi connectivity index (χ1v) is 8.29. The van der Waals surface area contributed by atoms with Crippen LogP contribution in [0.25, 0.3) is 0 Å². The molecule has 0 heterocycles. The molecule has 0 aliphatic heterocycles. The number of halogens is 2. The third-order valence-electron chi connectivity index (χ3n) is 2.93. The van der Waals surface area contributed by atoms with E-state index in [1.54, 1.807) is 6.07 Å². The molecule has 0 bridgehead atoms. The minimum Gasteiger partial charge on any atom is -0.398 e. The van der Waals surface area contributed by atoms with Crippen LogP contribution >= 0.6 is 23.2 Å². The van der Waals surface area contributed by atoms with Crippen LogP contribution in [-0.4, -0.2) is 8.42 Å². The third-order valence-corrected chi connectivity index (χ3v) is 5.04. The fourth-order valence-corrected chi connectivity index (χ4v) is 4.11. The van der Waals surface area contributed by atoms with Crippen LogP contribution in [0.2, 0.25) is 10.0 Å². The van der Waals surface area contributed by atoms with E-state index in [-0.39, 0.29) is 20.6 Å². The minimum atomic E-state index is -3.89. The van der Waals surface area contributed by atoms with Gasteiger partial charge in [-0.05, 0) is 37.6 Å². The van der Waals surface area contributed by atoms with Crippen molar-refractivity contribution in [1.82, 2.24) is 0 Å². The lowest BCUT2D eigenvalue weighted by Gasteiger charge is -2.14. The second kappa shape index (κ2) is 5.75. The van der Waals surface area contributed by atoms with E-state index in [9.17, 15) is 8.42 Å². The van der Waals surface area contributed by atoms with Crippen LogP contribution < -0.4 is 10.5 Å². The van der Waals surface area contributed by atoms with Crippen molar-refractivity contribution >= 4 is 44.6 Å². The summed E-state index contributed by atoms with van der Waals surface area (Å²) in [6.45, 7) is 3.75. The van der Waals surface area contributed by atoms with Gasteiger partial charge in [0, 0.05) is 5.02 Å². The van der Waals surface area contributed by atoms with Gasteiger partial charge in [-0.1, -0.05) is 40.9 Å². The predicted octanol–water partition coefficient (Wildman–Crippen LogP) is 3.99. The molecule has 0 saturated carbocycles. The van der Waals surface area contributed by atoms with Crippen molar-refractivity contribution < 1.29 is 8.42 Å². The van der Waals surface area contributed by atoms with E-state index < -0.39 is 10.0 Å². The molecule has 0 radical (unpaired) electrons. The topological polar surface area (TPSA) is 72.2 Å². The van der Waals surface area contributed by atoms with Gasteiger partial charge in [-0.3, -0.25) is 4.72 Å². The average Bonchev–Trinajstić information content (AvgIpc) is 2.30. The fraction of sp³-hybridized carbons (Fsp3) is 0.143. The van der Waals surface area contributed by atoms with E-state index in [1.807, 2.05) is 26.0 Å². The third kappa shape index (κ3) is 3.43. The van der Waals surface area contributed by atoms with Crippen molar-refractivity contribution in [3.8, 4) is 0 Å². The summed E-state index contributed by atoms with van der Waals surface area (Å²) in [5, 5.41) is 0.264. The van der Waals surface area contributed by atoms with E-state index >= 15 is 0 Å². The number of anilines is 2. The van der Waals surface area contributed by atoms with Crippen molar-refractivity contribution in [1.29, 1.82) is 0 Å². The summed E-state index contributed by atoms with van der Waals surface area (Å²) in [4.78, 5) is -0.173. The maximum absolute atomic E-state index is 12.5. The molecule has 0 aliphatic rings. The zero-order chi connectivity index (χ0) is 15.8. The largest absolute Gasteiger partial charge is 0.398 e. The molecule has 2 aromatic carbocycles. The number of nitrogen functional groups attached to an aromatic ring is 1. The van der Waals surface area contributed by atoms with Gasteiger partial charge in [-0.15, -0.1) is 0 Å². The Morgan fingerprint density at radius 1 is 1.10 bits per heavy atom. The number of nitrogens with two attached hydrogens (primary N) is 1. The van der Waals surface area contributed by atoms with E-state index in [0.29, 0.717) is 5.69 Å². The van der Waals surface area contributed by atoms with Crippen LogP contribution in [0.4, 0.5) is 11.4 Å². The molecule has 21 heavy (non-hydrogen) atoms. The highest BCUT2D eigenvalue weighted by molar-refractivity contribution is 7.93. The monoisotopic (exact) mass is 344 g/mol. The predicted molar refractivity (Wildman–Crippen MR) is 87.6 cm³/mol. The van der Waals surface area contributed by atoms with Gasteiger partial charge in [0.05, 0.1) is 16.4 Å². The molecule has 0 fully saturated rings. The number of hydrogen-bond donors (Lipinski definition) is 2. The van der Waals surface area contributed by atoms with Crippen LogP contribution in [0.5, 0.6) is 0 Å². The van der Waals surface area contributed by atoms with Crippen molar-refractivity contribution in [2.45, 2.75) is 18.7 Å². The van der Waals surface area contributed by atoms with Gasteiger partial charge in [-0.25, -0.2) is 8.42 Å². The molecule has 2 rings (SSSR count). The summed E-state index contributed by atoms with van der Waals surface area (Å²) in [6.07, 6.45) is 0. The number of benzene rings is 2. The first kappa shape index (κ1) is 15.9. The number of rotatable bonds is 3. The lowest BCUT2D eigenvalue weighted by Crippen LogP contribution is -2.16. The maximum atomic E-state index is 12.5. The first-order valence-electron chi connectivity index (χ1n) is 6.05. The Balaban J connectivity index is 2.48. The molecule has 112 valence electrons. The summed E-state index contributed by atoms with van der Waals surface area (Å²) in [7, 11) is -3.89. The normalized spacial score (nSPS) is 11.4. The summed E-state index contributed by atoms with van der Waals surface area (Å²) in [6, 6.07) is 8.09. The molecular formula is C14H14Cl2N2O2S. The molecule has 3 N–H and O–H groups in total. The molecule has 0 aliphatic carbocycles. The summed E-state index contributed by atoms with van der Waals surface area (Å²) < 4.78 is 27.4. The Hall–Kier alpha value is -1.43. The van der Waals surface area contributed by atoms with E-state index in [2.05, 4.69) is 4.72 Å². The smallest absolute Gasteiger partial charge is 0.265 e. The summed E-state index contributed by atoms with van der Waals surface area (Å²) in [5.74, 6) is 0. The van der Waals surface area contributed by atoms with Gasteiger partial charge in [0.2, 0.25) is 0 Å². The van der Waals surface area contributed by atoms with Gasteiger partial charge in [0.15, 0.2) is 0 Å². The Bertz CT molecular complexity index is 782. The highest BCUT2D eigenvalue weighted by Crippen LogP contribution is 2.32.